The number of thioether (sulfide) groups is 1. The zero-order chi connectivity index (χ0) is 16.9. The molecule has 2 fully saturated rings. The summed E-state index contributed by atoms with van der Waals surface area (Å²) in [6, 6.07) is 9.72. The van der Waals surface area contributed by atoms with E-state index in [0.29, 0.717) is 6.04 Å². The second-order valence-electron chi connectivity index (χ2n) is 7.56. The van der Waals surface area contributed by atoms with E-state index in [4.69, 9.17) is 0 Å². The molecule has 4 heteroatoms. The molecule has 0 atom stereocenters. The van der Waals surface area contributed by atoms with Gasteiger partial charge in [0.05, 0.1) is 0 Å². The van der Waals surface area contributed by atoms with E-state index in [0.717, 1.165) is 5.92 Å². The highest BCUT2D eigenvalue weighted by atomic mass is 32.2. The van der Waals surface area contributed by atoms with Gasteiger partial charge >= 0.3 is 0 Å². The van der Waals surface area contributed by atoms with Gasteiger partial charge in [-0.25, -0.2) is 0 Å². The van der Waals surface area contributed by atoms with Gasteiger partial charge in [-0.3, -0.25) is 4.90 Å². The summed E-state index contributed by atoms with van der Waals surface area (Å²) in [4.78, 5) is 9.26. The van der Waals surface area contributed by atoms with Crippen LogP contribution in [0.15, 0.2) is 29.2 Å². The zero-order valence-electron chi connectivity index (χ0n) is 15.6. The summed E-state index contributed by atoms with van der Waals surface area (Å²) in [5.41, 5.74) is 1.41. The summed E-state index contributed by atoms with van der Waals surface area (Å²) in [6.07, 6.45) is 4.84. The van der Waals surface area contributed by atoms with Crippen molar-refractivity contribution < 1.29 is 0 Å². The summed E-state index contributed by atoms with van der Waals surface area (Å²) in [7, 11) is 0. The van der Waals surface area contributed by atoms with Crippen molar-refractivity contribution in [3.8, 4) is 0 Å². The molecule has 24 heavy (non-hydrogen) atoms. The molecule has 0 amide bonds. The Balaban J connectivity index is 1.44. The number of hydrogen-bond acceptors (Lipinski definition) is 4. The fraction of sp³-hybridized carbons (Fsp3) is 0.700. The lowest BCUT2D eigenvalue weighted by Crippen LogP contribution is -2.50. The Hall–Kier alpha value is -0.710. The van der Waals surface area contributed by atoms with E-state index in [-0.39, 0.29) is 0 Å². The average molecular weight is 348 g/mol. The Kier molecular flexibility index (Phi) is 6.48. The summed E-state index contributed by atoms with van der Waals surface area (Å²) < 4.78 is 0. The minimum Gasteiger partial charge on any atom is -0.371 e. The molecular weight excluding hydrogens is 314 g/mol. The predicted octanol–water partition coefficient (Wildman–Crippen LogP) is 3.65. The van der Waals surface area contributed by atoms with Gasteiger partial charge in [0.15, 0.2) is 0 Å². The highest BCUT2D eigenvalue weighted by molar-refractivity contribution is 7.98. The van der Waals surface area contributed by atoms with E-state index in [1.54, 1.807) is 0 Å². The molecule has 0 bridgehead atoms. The van der Waals surface area contributed by atoms with Gasteiger partial charge in [0.25, 0.3) is 0 Å². The number of rotatable bonds is 5. The standard InChI is InChI=1S/C20H33N3S/c1-17(2)22-13-11-21(12-14-22)16-18-7-9-23(10-8-18)19-5-4-6-20(15-19)24-3/h4-6,15,17-18H,7-14,16H2,1-3H3. The Morgan fingerprint density at radius 1 is 1.04 bits per heavy atom. The molecule has 1 aromatic rings. The molecule has 2 aliphatic rings. The summed E-state index contributed by atoms with van der Waals surface area (Å²) in [5.74, 6) is 0.885. The van der Waals surface area contributed by atoms with Crippen LogP contribution in [0.1, 0.15) is 26.7 Å². The SMILES string of the molecule is CSc1cccc(N2CCC(CN3CCN(C(C)C)CC3)CC2)c1. The third-order valence-corrected chi connectivity index (χ3v) is 6.41. The summed E-state index contributed by atoms with van der Waals surface area (Å²) in [6.45, 7) is 13.4. The Bertz CT molecular complexity index is 503. The van der Waals surface area contributed by atoms with Crippen molar-refractivity contribution in [3.63, 3.8) is 0 Å². The van der Waals surface area contributed by atoms with Gasteiger partial charge in [0, 0.05) is 62.4 Å². The lowest BCUT2D eigenvalue weighted by Gasteiger charge is -2.40. The van der Waals surface area contributed by atoms with Crippen molar-refractivity contribution >= 4 is 17.4 Å². The number of hydrogen-bond donors (Lipinski definition) is 0. The van der Waals surface area contributed by atoms with Crippen LogP contribution in [0.2, 0.25) is 0 Å². The lowest BCUT2D eigenvalue weighted by atomic mass is 9.95. The molecule has 0 N–H and O–H groups in total. The van der Waals surface area contributed by atoms with Gasteiger partial charge in [-0.1, -0.05) is 6.07 Å². The van der Waals surface area contributed by atoms with Gasteiger partial charge in [-0.05, 0) is 57.1 Å². The van der Waals surface area contributed by atoms with Gasteiger partial charge < -0.3 is 9.80 Å². The van der Waals surface area contributed by atoms with Crippen LogP contribution in [0.4, 0.5) is 5.69 Å². The van der Waals surface area contributed by atoms with Gasteiger partial charge in [-0.2, -0.15) is 0 Å². The fourth-order valence-corrected chi connectivity index (χ4v) is 4.46. The molecular formula is C20H33N3S. The molecule has 0 aliphatic carbocycles. The number of anilines is 1. The van der Waals surface area contributed by atoms with Crippen molar-refractivity contribution in [2.45, 2.75) is 37.6 Å². The van der Waals surface area contributed by atoms with Crippen LogP contribution < -0.4 is 4.90 Å². The number of piperazine rings is 1. The van der Waals surface area contributed by atoms with Gasteiger partial charge in [0.2, 0.25) is 0 Å². The van der Waals surface area contributed by atoms with Crippen molar-refractivity contribution in [1.29, 1.82) is 0 Å². The van der Waals surface area contributed by atoms with Crippen LogP contribution in [0.5, 0.6) is 0 Å². The first-order valence-corrected chi connectivity index (χ1v) is 10.7. The third kappa shape index (κ3) is 4.68. The zero-order valence-corrected chi connectivity index (χ0v) is 16.4. The summed E-state index contributed by atoms with van der Waals surface area (Å²) in [5, 5.41) is 0. The molecule has 1 aromatic carbocycles. The van der Waals surface area contributed by atoms with Gasteiger partial charge in [0.1, 0.15) is 0 Å². The van der Waals surface area contributed by atoms with Crippen molar-refractivity contribution in [1.82, 2.24) is 9.80 Å². The highest BCUT2D eigenvalue weighted by Crippen LogP contribution is 2.27. The largest absolute Gasteiger partial charge is 0.371 e. The molecule has 2 saturated heterocycles. The smallest absolute Gasteiger partial charge is 0.0377 e. The minimum absolute atomic E-state index is 0.701. The highest BCUT2D eigenvalue weighted by Gasteiger charge is 2.24. The van der Waals surface area contributed by atoms with Crippen molar-refractivity contribution in [2.24, 2.45) is 5.92 Å². The monoisotopic (exact) mass is 347 g/mol. The van der Waals surface area contributed by atoms with Crippen LogP contribution in [0, 0.1) is 5.92 Å². The quantitative estimate of drug-likeness (QED) is 0.752. The maximum Gasteiger partial charge on any atom is 0.0377 e. The Labute approximate surface area is 152 Å². The van der Waals surface area contributed by atoms with E-state index in [1.165, 1.54) is 69.2 Å². The van der Waals surface area contributed by atoms with Crippen LogP contribution in [0.25, 0.3) is 0 Å². The number of piperidine rings is 1. The lowest BCUT2D eigenvalue weighted by molar-refractivity contribution is 0.0931. The first-order valence-electron chi connectivity index (χ1n) is 9.51. The molecule has 3 rings (SSSR count). The first kappa shape index (κ1) is 18.1. The van der Waals surface area contributed by atoms with Crippen LogP contribution in [-0.4, -0.2) is 67.9 Å². The van der Waals surface area contributed by atoms with Crippen LogP contribution in [-0.2, 0) is 0 Å². The maximum absolute atomic E-state index is 2.70. The minimum atomic E-state index is 0.701. The normalized spacial score (nSPS) is 21.6. The number of nitrogens with zero attached hydrogens (tertiary/aromatic N) is 3. The van der Waals surface area contributed by atoms with E-state index < -0.39 is 0 Å². The van der Waals surface area contributed by atoms with Crippen LogP contribution >= 0.6 is 11.8 Å². The topological polar surface area (TPSA) is 9.72 Å². The van der Waals surface area contributed by atoms with E-state index in [9.17, 15) is 0 Å². The molecule has 0 radical (unpaired) electrons. The fourth-order valence-electron chi connectivity index (χ4n) is 4.01. The molecule has 3 nitrogen and oxygen atoms in total. The Morgan fingerprint density at radius 3 is 2.38 bits per heavy atom. The van der Waals surface area contributed by atoms with Crippen molar-refractivity contribution in [2.75, 3.05) is 57.0 Å². The molecule has 134 valence electrons. The maximum atomic E-state index is 2.70. The molecule has 0 spiro atoms. The molecule has 2 heterocycles. The second kappa shape index (κ2) is 8.59. The molecule has 0 saturated carbocycles. The van der Waals surface area contributed by atoms with Crippen LogP contribution in [0.3, 0.4) is 0 Å². The average Bonchev–Trinajstić information content (AvgIpc) is 2.63. The predicted molar refractivity (Wildman–Crippen MR) is 106 cm³/mol. The first-order chi connectivity index (χ1) is 11.7. The summed E-state index contributed by atoms with van der Waals surface area (Å²) >= 11 is 1.84. The van der Waals surface area contributed by atoms with E-state index in [2.05, 4.69) is 59.1 Å². The molecule has 0 unspecified atom stereocenters. The van der Waals surface area contributed by atoms with E-state index in [1.807, 2.05) is 11.8 Å². The third-order valence-electron chi connectivity index (χ3n) is 5.69. The second-order valence-corrected chi connectivity index (χ2v) is 8.44. The molecule has 2 aliphatic heterocycles. The van der Waals surface area contributed by atoms with Crippen molar-refractivity contribution in [3.05, 3.63) is 24.3 Å². The van der Waals surface area contributed by atoms with Gasteiger partial charge in [-0.15, -0.1) is 11.8 Å². The number of benzene rings is 1. The Morgan fingerprint density at radius 2 is 1.75 bits per heavy atom. The van der Waals surface area contributed by atoms with E-state index >= 15 is 0 Å². The molecule has 0 aromatic heterocycles.